The van der Waals surface area contributed by atoms with E-state index in [2.05, 4.69) is 4.99 Å². The minimum atomic E-state index is -0.409. The van der Waals surface area contributed by atoms with E-state index in [1.54, 1.807) is 35.8 Å². The van der Waals surface area contributed by atoms with Crippen molar-refractivity contribution in [3.8, 4) is 0 Å². The molecule has 26 heavy (non-hydrogen) atoms. The molecule has 0 N–H and O–H groups in total. The third-order valence-electron chi connectivity index (χ3n) is 3.70. The van der Waals surface area contributed by atoms with Crippen LogP contribution in [-0.4, -0.2) is 23.1 Å². The molecule has 3 rings (SSSR count). The first kappa shape index (κ1) is 18.4. The highest BCUT2D eigenvalue weighted by molar-refractivity contribution is 7.16. The molecule has 2 aromatic carbocycles. The number of amides is 1. The molecule has 5 nitrogen and oxygen atoms in total. The Morgan fingerprint density at radius 2 is 2.04 bits per heavy atom. The van der Waals surface area contributed by atoms with E-state index in [9.17, 15) is 9.59 Å². The molecule has 0 bridgehead atoms. The van der Waals surface area contributed by atoms with Crippen LogP contribution < -0.4 is 4.80 Å². The SMILES string of the molecule is CCOC(=O)Cn1c(=NC(=O)c2cccc(Cl)c2)sc2cc(C)ccc21. The Hall–Kier alpha value is -2.44. The van der Waals surface area contributed by atoms with E-state index in [4.69, 9.17) is 16.3 Å². The molecule has 0 aliphatic rings. The number of hydrogen-bond donors (Lipinski definition) is 0. The first-order valence-corrected chi connectivity index (χ1v) is 9.27. The highest BCUT2D eigenvalue weighted by Crippen LogP contribution is 2.19. The number of carbonyl (C=O) groups is 2. The van der Waals surface area contributed by atoms with Crippen LogP contribution in [0.25, 0.3) is 10.2 Å². The predicted molar refractivity (Wildman–Crippen MR) is 103 cm³/mol. The average molecular weight is 389 g/mol. The number of halogens is 1. The Kier molecular flexibility index (Phi) is 5.54. The summed E-state index contributed by atoms with van der Waals surface area (Å²) >= 11 is 7.31. The van der Waals surface area contributed by atoms with Crippen LogP contribution in [-0.2, 0) is 16.1 Å². The summed E-state index contributed by atoms with van der Waals surface area (Å²) in [5, 5.41) is 0.470. The molecule has 134 valence electrons. The van der Waals surface area contributed by atoms with E-state index in [0.717, 1.165) is 15.8 Å². The van der Waals surface area contributed by atoms with Crippen molar-refractivity contribution in [3.05, 3.63) is 63.4 Å². The van der Waals surface area contributed by atoms with Gasteiger partial charge in [0, 0.05) is 10.6 Å². The zero-order chi connectivity index (χ0) is 18.7. The van der Waals surface area contributed by atoms with Crippen molar-refractivity contribution in [1.29, 1.82) is 0 Å². The second-order valence-electron chi connectivity index (χ2n) is 5.67. The minimum Gasteiger partial charge on any atom is -0.465 e. The molecule has 0 unspecified atom stereocenters. The van der Waals surface area contributed by atoms with Crippen LogP contribution in [0, 0.1) is 6.92 Å². The maximum atomic E-state index is 12.5. The molecule has 0 spiro atoms. The van der Waals surface area contributed by atoms with E-state index >= 15 is 0 Å². The van der Waals surface area contributed by atoms with Gasteiger partial charge in [-0.2, -0.15) is 4.99 Å². The van der Waals surface area contributed by atoms with Crippen molar-refractivity contribution in [1.82, 2.24) is 4.57 Å². The van der Waals surface area contributed by atoms with Gasteiger partial charge < -0.3 is 9.30 Å². The molecule has 0 atom stereocenters. The third kappa shape index (κ3) is 4.03. The Balaban J connectivity index is 2.11. The van der Waals surface area contributed by atoms with Crippen molar-refractivity contribution in [2.45, 2.75) is 20.4 Å². The maximum Gasteiger partial charge on any atom is 0.326 e. The molecular formula is C19H17ClN2O3S. The number of carbonyl (C=O) groups excluding carboxylic acids is 2. The number of aromatic nitrogens is 1. The lowest BCUT2D eigenvalue weighted by molar-refractivity contribution is -0.143. The predicted octanol–water partition coefficient (Wildman–Crippen LogP) is 3.97. The Morgan fingerprint density at radius 3 is 2.77 bits per heavy atom. The summed E-state index contributed by atoms with van der Waals surface area (Å²) in [6.07, 6.45) is 0. The summed E-state index contributed by atoms with van der Waals surface area (Å²) in [6.45, 7) is 4.04. The fourth-order valence-electron chi connectivity index (χ4n) is 2.53. The Morgan fingerprint density at radius 1 is 1.23 bits per heavy atom. The fraction of sp³-hybridized carbons (Fsp3) is 0.211. The van der Waals surface area contributed by atoms with Gasteiger partial charge in [-0.3, -0.25) is 9.59 Å². The molecule has 0 saturated carbocycles. The number of fused-ring (bicyclic) bond motifs is 1. The van der Waals surface area contributed by atoms with E-state index in [-0.39, 0.29) is 12.5 Å². The van der Waals surface area contributed by atoms with Gasteiger partial charge in [-0.15, -0.1) is 0 Å². The second kappa shape index (κ2) is 7.85. The molecule has 1 heterocycles. The van der Waals surface area contributed by atoms with Gasteiger partial charge in [-0.1, -0.05) is 35.1 Å². The summed E-state index contributed by atoms with van der Waals surface area (Å²) in [4.78, 5) is 29.2. The zero-order valence-electron chi connectivity index (χ0n) is 14.4. The molecule has 0 aliphatic carbocycles. The van der Waals surface area contributed by atoms with Crippen molar-refractivity contribution in [2.75, 3.05) is 6.61 Å². The van der Waals surface area contributed by atoms with Gasteiger partial charge in [0.15, 0.2) is 4.80 Å². The highest BCUT2D eigenvalue weighted by atomic mass is 35.5. The maximum absolute atomic E-state index is 12.5. The summed E-state index contributed by atoms with van der Waals surface area (Å²) in [6, 6.07) is 12.5. The van der Waals surface area contributed by atoms with E-state index in [0.29, 0.717) is 22.0 Å². The Bertz CT molecular complexity index is 1050. The zero-order valence-corrected chi connectivity index (χ0v) is 15.9. The van der Waals surface area contributed by atoms with Gasteiger partial charge in [0.25, 0.3) is 5.91 Å². The highest BCUT2D eigenvalue weighted by Gasteiger charge is 2.13. The van der Waals surface area contributed by atoms with Crippen molar-refractivity contribution >= 4 is 45.0 Å². The average Bonchev–Trinajstić information content (AvgIpc) is 2.91. The van der Waals surface area contributed by atoms with Gasteiger partial charge in [0.1, 0.15) is 6.54 Å². The molecule has 0 aliphatic heterocycles. The first-order valence-electron chi connectivity index (χ1n) is 8.08. The number of benzene rings is 2. The molecular weight excluding hydrogens is 372 g/mol. The number of aryl methyl sites for hydroxylation is 1. The van der Waals surface area contributed by atoms with Crippen molar-refractivity contribution in [2.24, 2.45) is 4.99 Å². The van der Waals surface area contributed by atoms with Gasteiger partial charge in [0.2, 0.25) is 0 Å². The lowest BCUT2D eigenvalue weighted by Crippen LogP contribution is -2.23. The van der Waals surface area contributed by atoms with Crippen LogP contribution in [0.5, 0.6) is 0 Å². The van der Waals surface area contributed by atoms with Gasteiger partial charge in [-0.25, -0.2) is 0 Å². The van der Waals surface area contributed by atoms with E-state index in [1.807, 2.05) is 25.1 Å². The standard InChI is InChI=1S/C19H17ClN2O3S/c1-3-25-17(23)11-22-15-8-7-12(2)9-16(15)26-19(22)21-18(24)13-5-4-6-14(20)10-13/h4-10H,3,11H2,1-2H3. The van der Waals surface area contributed by atoms with Crippen LogP contribution in [0.1, 0.15) is 22.8 Å². The Labute approximate surface area is 159 Å². The number of rotatable bonds is 4. The molecule has 3 aromatic rings. The second-order valence-corrected chi connectivity index (χ2v) is 7.12. The van der Waals surface area contributed by atoms with Crippen LogP contribution >= 0.6 is 22.9 Å². The quantitative estimate of drug-likeness (QED) is 0.635. The number of thiazole rings is 1. The van der Waals surface area contributed by atoms with Gasteiger partial charge >= 0.3 is 5.97 Å². The molecule has 0 saturated heterocycles. The smallest absolute Gasteiger partial charge is 0.326 e. The number of hydrogen-bond acceptors (Lipinski definition) is 4. The fourth-order valence-corrected chi connectivity index (χ4v) is 3.84. The van der Waals surface area contributed by atoms with Gasteiger partial charge in [0.05, 0.1) is 16.8 Å². The van der Waals surface area contributed by atoms with Gasteiger partial charge in [-0.05, 0) is 49.7 Å². The van der Waals surface area contributed by atoms with Crippen LogP contribution in [0.2, 0.25) is 5.02 Å². The summed E-state index contributed by atoms with van der Waals surface area (Å²) in [5.41, 5.74) is 2.33. The number of ether oxygens (including phenoxy) is 1. The minimum absolute atomic E-state index is 0.00143. The van der Waals surface area contributed by atoms with Crippen LogP contribution in [0.4, 0.5) is 0 Å². The largest absolute Gasteiger partial charge is 0.465 e. The lowest BCUT2D eigenvalue weighted by Gasteiger charge is -2.05. The third-order valence-corrected chi connectivity index (χ3v) is 4.98. The monoisotopic (exact) mass is 388 g/mol. The molecule has 7 heteroatoms. The summed E-state index contributed by atoms with van der Waals surface area (Å²) < 4.78 is 7.71. The molecule has 0 radical (unpaired) electrons. The number of esters is 1. The summed E-state index contributed by atoms with van der Waals surface area (Å²) in [7, 11) is 0. The van der Waals surface area contributed by atoms with Crippen LogP contribution in [0.3, 0.4) is 0 Å². The summed E-state index contributed by atoms with van der Waals surface area (Å²) in [5.74, 6) is -0.780. The first-order chi connectivity index (χ1) is 12.5. The normalized spacial score (nSPS) is 11.7. The van der Waals surface area contributed by atoms with Crippen molar-refractivity contribution in [3.63, 3.8) is 0 Å². The molecule has 1 amide bonds. The topological polar surface area (TPSA) is 60.7 Å². The lowest BCUT2D eigenvalue weighted by atomic mass is 10.2. The molecule has 0 fully saturated rings. The van der Waals surface area contributed by atoms with Crippen molar-refractivity contribution < 1.29 is 14.3 Å². The van der Waals surface area contributed by atoms with E-state index < -0.39 is 5.91 Å². The van der Waals surface area contributed by atoms with E-state index in [1.165, 1.54) is 11.3 Å². The van der Waals surface area contributed by atoms with Crippen LogP contribution in [0.15, 0.2) is 47.5 Å². The number of nitrogens with zero attached hydrogens (tertiary/aromatic N) is 2. The molecule has 1 aromatic heterocycles.